The molecular weight excluding hydrogens is 388 g/mol. The van der Waals surface area contributed by atoms with Crippen LogP contribution in [0.5, 0.6) is 11.5 Å². The minimum absolute atomic E-state index is 0.604. The van der Waals surface area contributed by atoms with Gasteiger partial charge in [-0.3, -0.25) is 0 Å². The van der Waals surface area contributed by atoms with Crippen LogP contribution < -0.4 is 14.8 Å². The molecule has 0 aliphatic carbocycles. The van der Waals surface area contributed by atoms with E-state index in [0.717, 1.165) is 38.1 Å². The first-order valence-corrected chi connectivity index (χ1v) is 9.68. The normalized spacial score (nSPS) is 11.1. The number of pyridine rings is 1. The molecule has 0 saturated heterocycles. The van der Waals surface area contributed by atoms with Crippen LogP contribution in [0.25, 0.3) is 32.4 Å². The minimum Gasteiger partial charge on any atom is -0.497 e. The lowest BCUT2D eigenvalue weighted by molar-refractivity contribution is 0.395. The number of H-pyrrole nitrogens is 1. The summed E-state index contributed by atoms with van der Waals surface area (Å²) in [5.41, 5.74) is 2.56. The van der Waals surface area contributed by atoms with Gasteiger partial charge in [-0.05, 0) is 27.9 Å². The number of anilines is 2. The summed E-state index contributed by atoms with van der Waals surface area (Å²) < 4.78 is 11.9. The number of thiophene rings is 1. The topological polar surface area (TPSA) is 97.8 Å². The number of nitrogens with zero attached hydrogens (tertiary/aromatic N) is 4. The molecule has 8 nitrogen and oxygen atoms in total. The van der Waals surface area contributed by atoms with Crippen molar-refractivity contribution in [3.63, 3.8) is 0 Å². The van der Waals surface area contributed by atoms with E-state index in [0.29, 0.717) is 17.3 Å². The molecule has 0 bridgehead atoms. The van der Waals surface area contributed by atoms with E-state index < -0.39 is 0 Å². The van der Waals surface area contributed by atoms with Gasteiger partial charge < -0.3 is 14.8 Å². The summed E-state index contributed by atoms with van der Waals surface area (Å²) in [7, 11) is 3.26. The van der Waals surface area contributed by atoms with E-state index >= 15 is 0 Å². The minimum atomic E-state index is 0.604. The van der Waals surface area contributed by atoms with Gasteiger partial charge in [0, 0.05) is 44.9 Å². The number of aromatic amines is 1. The second-order valence-corrected chi connectivity index (χ2v) is 7.25. The van der Waals surface area contributed by atoms with Crippen LogP contribution in [0.1, 0.15) is 0 Å². The summed E-state index contributed by atoms with van der Waals surface area (Å²) in [6.07, 6.45) is 0. The second kappa shape index (κ2) is 7.02. The quantitative estimate of drug-likeness (QED) is 0.448. The van der Waals surface area contributed by atoms with Crippen molar-refractivity contribution in [3.8, 4) is 22.9 Å². The first kappa shape index (κ1) is 17.4. The lowest BCUT2D eigenvalue weighted by Gasteiger charge is -2.12. The van der Waals surface area contributed by atoms with Crippen LogP contribution in [0.15, 0.2) is 47.8 Å². The highest BCUT2D eigenvalue weighted by molar-refractivity contribution is 7.18. The Kier molecular flexibility index (Phi) is 4.21. The van der Waals surface area contributed by atoms with Gasteiger partial charge >= 0.3 is 0 Å². The monoisotopic (exact) mass is 404 g/mol. The van der Waals surface area contributed by atoms with Crippen molar-refractivity contribution >= 4 is 43.8 Å². The Morgan fingerprint density at radius 2 is 1.79 bits per heavy atom. The van der Waals surface area contributed by atoms with Crippen LogP contribution in [-0.4, -0.2) is 39.8 Å². The van der Waals surface area contributed by atoms with Gasteiger partial charge in [0.2, 0.25) is 0 Å². The highest BCUT2D eigenvalue weighted by Gasteiger charge is 2.13. The second-order valence-electron chi connectivity index (χ2n) is 6.33. The summed E-state index contributed by atoms with van der Waals surface area (Å²) in [5, 5.41) is 21.7. The molecule has 0 radical (unpaired) electrons. The average molecular weight is 404 g/mol. The van der Waals surface area contributed by atoms with Gasteiger partial charge in [0.25, 0.3) is 0 Å². The molecule has 0 saturated carbocycles. The lowest BCUT2D eigenvalue weighted by atomic mass is 10.1. The van der Waals surface area contributed by atoms with Crippen LogP contribution in [0.3, 0.4) is 0 Å². The van der Waals surface area contributed by atoms with Gasteiger partial charge in [-0.25, -0.2) is 10.1 Å². The molecule has 9 heteroatoms. The predicted octanol–water partition coefficient (Wildman–Crippen LogP) is 4.39. The summed E-state index contributed by atoms with van der Waals surface area (Å²) in [5.74, 6) is 2.77. The van der Waals surface area contributed by atoms with Gasteiger partial charge in [0.15, 0.2) is 5.82 Å². The van der Waals surface area contributed by atoms with Gasteiger partial charge in [-0.2, -0.15) is 0 Å². The van der Waals surface area contributed by atoms with Crippen LogP contribution in [0, 0.1) is 0 Å². The van der Waals surface area contributed by atoms with Gasteiger partial charge in [-0.1, -0.05) is 12.1 Å². The fourth-order valence-corrected chi connectivity index (χ4v) is 4.17. The number of rotatable bonds is 5. The molecule has 29 heavy (non-hydrogen) atoms. The summed E-state index contributed by atoms with van der Waals surface area (Å²) in [6, 6.07) is 13.7. The van der Waals surface area contributed by atoms with Crippen molar-refractivity contribution in [1.82, 2.24) is 25.6 Å². The van der Waals surface area contributed by atoms with Crippen LogP contribution >= 0.6 is 11.3 Å². The number of aromatic nitrogens is 5. The van der Waals surface area contributed by atoms with Crippen LogP contribution in [0.2, 0.25) is 0 Å². The van der Waals surface area contributed by atoms with Crippen molar-refractivity contribution in [2.45, 2.75) is 0 Å². The highest BCUT2D eigenvalue weighted by Crippen LogP contribution is 2.37. The highest BCUT2D eigenvalue weighted by atomic mass is 32.1. The molecule has 2 aromatic carbocycles. The summed E-state index contributed by atoms with van der Waals surface area (Å²) in [6.45, 7) is 0. The first-order chi connectivity index (χ1) is 14.2. The number of tetrazole rings is 1. The number of hydrogen-bond donors (Lipinski definition) is 2. The Bertz CT molecular complexity index is 1290. The Hall–Kier alpha value is -3.72. The molecule has 3 heterocycles. The zero-order chi connectivity index (χ0) is 19.8. The van der Waals surface area contributed by atoms with E-state index in [2.05, 4.69) is 43.5 Å². The molecule has 0 atom stereocenters. The third-order valence-electron chi connectivity index (χ3n) is 4.63. The van der Waals surface area contributed by atoms with Crippen LogP contribution in [-0.2, 0) is 0 Å². The molecule has 2 N–H and O–H groups in total. The Morgan fingerprint density at radius 1 is 0.966 bits per heavy atom. The zero-order valence-corrected chi connectivity index (χ0v) is 16.4. The van der Waals surface area contributed by atoms with Crippen molar-refractivity contribution in [2.75, 3.05) is 19.5 Å². The number of nitrogens with one attached hydrogen (secondary N) is 2. The van der Waals surface area contributed by atoms with E-state index in [1.165, 1.54) is 0 Å². The largest absolute Gasteiger partial charge is 0.497 e. The number of ether oxygens (including phenoxy) is 2. The number of hydrogen-bond acceptors (Lipinski definition) is 8. The maximum atomic E-state index is 5.37. The number of benzene rings is 2. The van der Waals surface area contributed by atoms with Crippen molar-refractivity contribution in [1.29, 1.82) is 0 Å². The standard InChI is InChI=1S/C20H16N6O2S/c1-27-13-8-12(9-14(10-13)28-2)21-20-16-5-6-29-18(16)15-4-3-11(7-17(15)22-20)19-23-25-26-24-19/h3-10H,1-2H3,(H,21,22)(H,23,24,25,26). The van der Waals surface area contributed by atoms with Gasteiger partial charge in [-0.15, -0.1) is 16.4 Å². The maximum Gasteiger partial charge on any atom is 0.179 e. The van der Waals surface area contributed by atoms with Crippen molar-refractivity contribution < 1.29 is 9.47 Å². The maximum absolute atomic E-state index is 5.37. The number of methoxy groups -OCH3 is 2. The van der Waals surface area contributed by atoms with Crippen molar-refractivity contribution in [3.05, 3.63) is 47.8 Å². The molecule has 144 valence electrons. The van der Waals surface area contributed by atoms with E-state index in [1.54, 1.807) is 25.6 Å². The lowest BCUT2D eigenvalue weighted by Crippen LogP contribution is -1.97. The van der Waals surface area contributed by atoms with Crippen LogP contribution in [0.4, 0.5) is 11.5 Å². The van der Waals surface area contributed by atoms with Gasteiger partial charge in [0.1, 0.15) is 17.3 Å². The summed E-state index contributed by atoms with van der Waals surface area (Å²) >= 11 is 1.68. The van der Waals surface area contributed by atoms with E-state index in [9.17, 15) is 0 Å². The Balaban J connectivity index is 1.65. The average Bonchev–Trinajstić information content (AvgIpc) is 3.45. The molecule has 0 unspecified atom stereocenters. The fourth-order valence-electron chi connectivity index (χ4n) is 3.24. The van der Waals surface area contributed by atoms with E-state index in [4.69, 9.17) is 14.5 Å². The molecular formula is C20H16N6O2S. The molecule has 0 spiro atoms. The van der Waals surface area contributed by atoms with E-state index in [1.807, 2.05) is 30.3 Å². The predicted molar refractivity (Wildman–Crippen MR) is 113 cm³/mol. The summed E-state index contributed by atoms with van der Waals surface area (Å²) in [4.78, 5) is 4.88. The smallest absolute Gasteiger partial charge is 0.179 e. The van der Waals surface area contributed by atoms with E-state index in [-0.39, 0.29) is 0 Å². The third kappa shape index (κ3) is 3.11. The SMILES string of the molecule is COc1cc(Nc2nc3cc(-c4nnn[nH]4)ccc3c3sccc23)cc(OC)c1. The molecule has 0 aliphatic heterocycles. The Labute approximate surface area is 169 Å². The molecule has 5 rings (SSSR count). The molecule has 3 aromatic heterocycles. The molecule has 0 amide bonds. The Morgan fingerprint density at radius 3 is 2.52 bits per heavy atom. The molecule has 5 aromatic rings. The van der Waals surface area contributed by atoms with Gasteiger partial charge in [0.05, 0.1) is 19.7 Å². The number of fused-ring (bicyclic) bond motifs is 3. The first-order valence-electron chi connectivity index (χ1n) is 8.80. The molecule has 0 aliphatic rings. The zero-order valence-electron chi connectivity index (χ0n) is 15.6. The third-order valence-corrected chi connectivity index (χ3v) is 5.58. The van der Waals surface area contributed by atoms with Crippen molar-refractivity contribution in [2.24, 2.45) is 0 Å². The molecule has 0 fully saturated rings. The fraction of sp³-hybridized carbons (Fsp3) is 0.100.